The number of imide groups is 1. The van der Waals surface area contributed by atoms with Gasteiger partial charge < -0.3 is 5.11 Å². The number of nitrogens with zero attached hydrogens (tertiary/aromatic N) is 1. The Morgan fingerprint density at radius 2 is 1.68 bits per heavy atom. The highest BCUT2D eigenvalue weighted by Gasteiger charge is 2.31. The largest absolute Gasteiger partial charge is 0.478 e. The van der Waals surface area contributed by atoms with Gasteiger partial charge in [-0.1, -0.05) is 13.2 Å². The first-order valence-electron chi connectivity index (χ1n) is 5.63. The van der Waals surface area contributed by atoms with Gasteiger partial charge >= 0.3 is 5.97 Å². The maximum atomic E-state index is 12.2. The molecule has 0 aliphatic heterocycles. The maximum Gasteiger partial charge on any atom is 0.335 e. The van der Waals surface area contributed by atoms with Gasteiger partial charge in [0, 0.05) is 11.1 Å². The Kier molecular flexibility index (Phi) is 5.43. The Labute approximate surface area is 112 Å². The van der Waals surface area contributed by atoms with Crippen molar-refractivity contribution in [2.75, 3.05) is 0 Å². The number of carboxylic acids is 1. The highest BCUT2D eigenvalue weighted by atomic mass is 16.4. The fourth-order valence-corrected chi connectivity index (χ4v) is 1.39. The fraction of sp³-hybridized carbons (Fsp3) is 0.357. The first kappa shape index (κ1) is 16.8. The van der Waals surface area contributed by atoms with E-state index in [-0.39, 0.29) is 11.1 Å². The van der Waals surface area contributed by atoms with Gasteiger partial charge in [0.2, 0.25) is 0 Å². The van der Waals surface area contributed by atoms with E-state index in [0.29, 0.717) is 0 Å². The van der Waals surface area contributed by atoms with Gasteiger partial charge in [0.15, 0.2) is 0 Å². The molecule has 104 valence electrons. The van der Waals surface area contributed by atoms with Crippen molar-refractivity contribution in [1.29, 1.82) is 0 Å². The van der Waals surface area contributed by atoms with Gasteiger partial charge in [-0.15, -0.1) is 0 Å². The van der Waals surface area contributed by atoms with Gasteiger partial charge in [0.25, 0.3) is 11.8 Å². The molecule has 1 N–H and O–H groups in total. The summed E-state index contributed by atoms with van der Waals surface area (Å²) < 4.78 is 0. The molecule has 0 atom stereocenters. The van der Waals surface area contributed by atoms with Crippen LogP contribution < -0.4 is 0 Å². The van der Waals surface area contributed by atoms with Crippen molar-refractivity contribution in [3.05, 3.63) is 36.5 Å². The van der Waals surface area contributed by atoms with E-state index < -0.39 is 23.3 Å². The number of amides is 2. The van der Waals surface area contributed by atoms with Crippen molar-refractivity contribution >= 4 is 17.8 Å². The van der Waals surface area contributed by atoms with Crippen molar-refractivity contribution in [3.63, 3.8) is 0 Å². The molecule has 19 heavy (non-hydrogen) atoms. The lowest BCUT2D eigenvalue weighted by atomic mass is 10.0. The summed E-state index contributed by atoms with van der Waals surface area (Å²) in [5.41, 5.74) is -0.828. The third-order valence-electron chi connectivity index (χ3n) is 2.27. The third-order valence-corrected chi connectivity index (χ3v) is 2.27. The molecule has 0 aliphatic rings. The van der Waals surface area contributed by atoms with Crippen LogP contribution in [0.5, 0.6) is 0 Å². The molecule has 0 aromatic heterocycles. The molecule has 0 saturated carbocycles. The summed E-state index contributed by atoms with van der Waals surface area (Å²) in [5, 5.41) is 8.71. The average Bonchev–Trinajstić information content (AvgIpc) is 2.26. The third kappa shape index (κ3) is 4.54. The lowest BCUT2D eigenvalue weighted by molar-refractivity contribution is -0.144. The lowest BCUT2D eigenvalue weighted by Crippen LogP contribution is -2.49. The van der Waals surface area contributed by atoms with E-state index in [1.807, 2.05) is 0 Å². The minimum absolute atomic E-state index is 0.123. The van der Waals surface area contributed by atoms with Crippen LogP contribution in [0.25, 0.3) is 0 Å². The zero-order valence-corrected chi connectivity index (χ0v) is 11.7. The SMILES string of the molecule is C=CC(=O)N(C(=O)C(C)=CC(=C)C(=O)O)C(C)(C)C. The van der Waals surface area contributed by atoms with Crippen LogP contribution in [-0.2, 0) is 14.4 Å². The van der Waals surface area contributed by atoms with Crippen molar-refractivity contribution in [2.24, 2.45) is 0 Å². The highest BCUT2D eigenvalue weighted by molar-refractivity contribution is 6.08. The molecule has 0 radical (unpaired) electrons. The number of hydrogen-bond donors (Lipinski definition) is 1. The normalized spacial score (nSPS) is 11.7. The summed E-state index contributed by atoms with van der Waals surface area (Å²) >= 11 is 0. The van der Waals surface area contributed by atoms with Gasteiger partial charge in [-0.2, -0.15) is 0 Å². The van der Waals surface area contributed by atoms with Crippen LogP contribution in [0.2, 0.25) is 0 Å². The Bertz CT molecular complexity index is 466. The molecule has 0 aromatic rings. The molecule has 0 saturated heterocycles. The van der Waals surface area contributed by atoms with Crippen LogP contribution in [0.1, 0.15) is 27.7 Å². The average molecular weight is 265 g/mol. The summed E-state index contributed by atoms with van der Waals surface area (Å²) in [6.07, 6.45) is 2.18. The maximum absolute atomic E-state index is 12.2. The van der Waals surface area contributed by atoms with E-state index in [1.165, 1.54) is 6.92 Å². The van der Waals surface area contributed by atoms with Crippen LogP contribution in [0.15, 0.2) is 36.5 Å². The number of carboxylic acid groups (broad SMARTS) is 1. The van der Waals surface area contributed by atoms with E-state index in [4.69, 9.17) is 5.11 Å². The topological polar surface area (TPSA) is 74.7 Å². The number of aliphatic carboxylic acids is 1. The molecular weight excluding hydrogens is 246 g/mol. The predicted molar refractivity (Wildman–Crippen MR) is 72.3 cm³/mol. The van der Waals surface area contributed by atoms with E-state index in [2.05, 4.69) is 13.2 Å². The van der Waals surface area contributed by atoms with Crippen molar-refractivity contribution in [3.8, 4) is 0 Å². The first-order valence-corrected chi connectivity index (χ1v) is 5.63. The van der Waals surface area contributed by atoms with Gasteiger partial charge in [-0.25, -0.2) is 4.79 Å². The minimum Gasteiger partial charge on any atom is -0.478 e. The molecule has 5 heteroatoms. The van der Waals surface area contributed by atoms with Crippen LogP contribution in [0.3, 0.4) is 0 Å². The van der Waals surface area contributed by atoms with Crippen molar-refractivity contribution < 1.29 is 19.5 Å². The summed E-state index contributed by atoms with van der Waals surface area (Å²) in [7, 11) is 0. The van der Waals surface area contributed by atoms with Crippen LogP contribution in [0, 0.1) is 0 Å². The first-order chi connectivity index (χ1) is 8.52. The van der Waals surface area contributed by atoms with Crippen LogP contribution in [0.4, 0.5) is 0 Å². The minimum atomic E-state index is -1.22. The van der Waals surface area contributed by atoms with E-state index in [1.54, 1.807) is 20.8 Å². The number of hydrogen-bond acceptors (Lipinski definition) is 3. The van der Waals surface area contributed by atoms with Crippen molar-refractivity contribution in [2.45, 2.75) is 33.2 Å². The summed E-state index contributed by atoms with van der Waals surface area (Å²) in [6, 6.07) is 0. The number of rotatable bonds is 4. The number of carbonyl (C=O) groups excluding carboxylic acids is 2. The molecule has 2 amide bonds. The Balaban J connectivity index is 5.46. The van der Waals surface area contributed by atoms with E-state index >= 15 is 0 Å². The highest BCUT2D eigenvalue weighted by Crippen LogP contribution is 2.18. The molecule has 0 spiro atoms. The molecule has 0 fully saturated rings. The fourth-order valence-electron chi connectivity index (χ4n) is 1.39. The second-order valence-corrected chi connectivity index (χ2v) is 5.01. The molecule has 0 rings (SSSR count). The Morgan fingerprint density at radius 3 is 2.00 bits per heavy atom. The van der Waals surface area contributed by atoms with Crippen LogP contribution in [-0.4, -0.2) is 33.3 Å². The summed E-state index contributed by atoms with van der Waals surface area (Å²) in [5.74, 6) is -2.32. The molecule has 0 unspecified atom stereocenters. The molecule has 0 aromatic carbocycles. The molecule has 0 bridgehead atoms. The summed E-state index contributed by atoms with van der Waals surface area (Å²) in [4.78, 5) is 35.6. The predicted octanol–water partition coefficient (Wildman–Crippen LogP) is 1.91. The lowest BCUT2D eigenvalue weighted by Gasteiger charge is -2.33. The standard InChI is InChI=1S/C14H19NO4/c1-7-11(16)15(14(4,5)6)12(17)9(2)8-10(3)13(18)19/h7-8H,1,3H2,2,4-6H3,(H,18,19). The second-order valence-electron chi connectivity index (χ2n) is 5.01. The molecular formula is C14H19NO4. The van der Waals surface area contributed by atoms with Gasteiger partial charge in [0.1, 0.15) is 0 Å². The van der Waals surface area contributed by atoms with E-state index in [9.17, 15) is 14.4 Å². The number of carbonyl (C=O) groups is 3. The molecule has 0 aliphatic carbocycles. The van der Waals surface area contributed by atoms with E-state index in [0.717, 1.165) is 17.1 Å². The quantitative estimate of drug-likeness (QED) is 0.622. The second kappa shape index (κ2) is 6.13. The summed E-state index contributed by atoms with van der Waals surface area (Å²) in [6.45, 7) is 13.2. The Hall–Kier alpha value is -2.17. The molecule has 0 heterocycles. The zero-order valence-electron chi connectivity index (χ0n) is 11.7. The van der Waals surface area contributed by atoms with Gasteiger partial charge in [-0.3, -0.25) is 14.5 Å². The molecule has 5 nitrogen and oxygen atoms in total. The van der Waals surface area contributed by atoms with Gasteiger partial charge in [0.05, 0.1) is 5.57 Å². The van der Waals surface area contributed by atoms with Gasteiger partial charge in [-0.05, 0) is 39.8 Å². The smallest absolute Gasteiger partial charge is 0.335 e. The van der Waals surface area contributed by atoms with Crippen molar-refractivity contribution in [1.82, 2.24) is 4.90 Å². The monoisotopic (exact) mass is 265 g/mol. The zero-order chi connectivity index (χ0) is 15.4. The Morgan fingerprint density at radius 1 is 1.21 bits per heavy atom. The van der Waals surface area contributed by atoms with Crippen LogP contribution >= 0.6 is 0 Å².